The molecule has 1 rings (SSSR count). The van der Waals surface area contributed by atoms with Crippen LogP contribution in [0.15, 0.2) is 29.2 Å². The Bertz CT molecular complexity index is 434. The lowest BCUT2D eigenvalue weighted by molar-refractivity contribution is -0.137. The molecular formula is C13H18F3NOS. The Labute approximate surface area is 113 Å². The Morgan fingerprint density at radius 1 is 1.32 bits per heavy atom. The molecule has 0 saturated heterocycles. The number of benzene rings is 1. The van der Waals surface area contributed by atoms with E-state index in [2.05, 4.69) is 5.32 Å². The van der Waals surface area contributed by atoms with Crippen molar-refractivity contribution in [3.8, 4) is 0 Å². The second-order valence-electron chi connectivity index (χ2n) is 4.20. The molecule has 2 unspecified atom stereocenters. The van der Waals surface area contributed by atoms with Crippen molar-refractivity contribution >= 4 is 10.8 Å². The van der Waals surface area contributed by atoms with E-state index in [1.54, 1.807) is 0 Å². The lowest BCUT2D eigenvalue weighted by Gasteiger charge is -2.15. The molecule has 0 radical (unpaired) electrons. The van der Waals surface area contributed by atoms with Crippen molar-refractivity contribution in [2.75, 3.05) is 12.3 Å². The molecule has 0 heterocycles. The smallest absolute Gasteiger partial charge is 0.313 e. The van der Waals surface area contributed by atoms with Gasteiger partial charge in [0.1, 0.15) is 0 Å². The van der Waals surface area contributed by atoms with E-state index >= 15 is 0 Å². The summed E-state index contributed by atoms with van der Waals surface area (Å²) in [5.41, 5.74) is -0.755. The molecule has 0 aliphatic rings. The molecule has 19 heavy (non-hydrogen) atoms. The fourth-order valence-electron chi connectivity index (χ4n) is 1.70. The SMILES string of the molecule is CCNC(CC)CS(=O)c1cccc(C(F)(F)F)c1. The van der Waals surface area contributed by atoms with Crippen molar-refractivity contribution in [3.63, 3.8) is 0 Å². The van der Waals surface area contributed by atoms with Crippen LogP contribution in [0.3, 0.4) is 0 Å². The highest BCUT2D eigenvalue weighted by atomic mass is 32.2. The number of hydrogen-bond acceptors (Lipinski definition) is 2. The molecule has 1 aromatic rings. The van der Waals surface area contributed by atoms with Crippen molar-refractivity contribution in [1.29, 1.82) is 0 Å². The molecule has 0 spiro atoms. The van der Waals surface area contributed by atoms with Crippen molar-refractivity contribution in [3.05, 3.63) is 29.8 Å². The van der Waals surface area contributed by atoms with Crippen molar-refractivity contribution in [2.24, 2.45) is 0 Å². The van der Waals surface area contributed by atoms with E-state index in [4.69, 9.17) is 0 Å². The second kappa shape index (κ2) is 7.05. The second-order valence-corrected chi connectivity index (χ2v) is 5.70. The number of halogens is 3. The summed E-state index contributed by atoms with van der Waals surface area (Å²) >= 11 is 0. The first-order valence-corrected chi connectivity index (χ1v) is 7.49. The third-order valence-corrected chi connectivity index (χ3v) is 4.25. The normalized spacial score (nSPS) is 15.2. The number of hydrogen-bond donors (Lipinski definition) is 1. The molecule has 2 nitrogen and oxygen atoms in total. The third-order valence-electron chi connectivity index (χ3n) is 2.76. The Morgan fingerprint density at radius 2 is 2.00 bits per heavy atom. The molecule has 0 amide bonds. The summed E-state index contributed by atoms with van der Waals surface area (Å²) < 4.78 is 49.8. The Balaban J connectivity index is 2.82. The minimum Gasteiger partial charge on any atom is -0.313 e. The van der Waals surface area contributed by atoms with Gasteiger partial charge in [-0.05, 0) is 31.2 Å². The Kier molecular flexibility index (Phi) is 6.00. The van der Waals surface area contributed by atoms with Crippen LogP contribution in [-0.4, -0.2) is 22.5 Å². The molecule has 2 atom stereocenters. The van der Waals surface area contributed by atoms with Gasteiger partial charge in [-0.15, -0.1) is 0 Å². The van der Waals surface area contributed by atoms with Crippen LogP contribution in [0.1, 0.15) is 25.8 Å². The summed E-state index contributed by atoms with van der Waals surface area (Å²) in [6.45, 7) is 4.64. The van der Waals surface area contributed by atoms with Gasteiger partial charge in [0.25, 0.3) is 0 Å². The number of alkyl halides is 3. The fourth-order valence-corrected chi connectivity index (χ4v) is 3.10. The van der Waals surface area contributed by atoms with Crippen LogP contribution in [0.5, 0.6) is 0 Å². The maximum atomic E-state index is 12.6. The molecular weight excluding hydrogens is 275 g/mol. The average molecular weight is 293 g/mol. The van der Waals surface area contributed by atoms with Gasteiger partial charge in [0.2, 0.25) is 0 Å². The van der Waals surface area contributed by atoms with Crippen molar-refractivity contribution in [2.45, 2.75) is 37.4 Å². The predicted octanol–water partition coefficient (Wildman–Crippen LogP) is 3.20. The quantitative estimate of drug-likeness (QED) is 0.872. The van der Waals surface area contributed by atoms with Crippen LogP contribution in [0.4, 0.5) is 13.2 Å². The van der Waals surface area contributed by atoms with E-state index in [1.165, 1.54) is 12.1 Å². The Morgan fingerprint density at radius 3 is 2.53 bits per heavy atom. The zero-order valence-electron chi connectivity index (χ0n) is 11.0. The average Bonchev–Trinajstić information content (AvgIpc) is 2.37. The van der Waals surface area contributed by atoms with Crippen molar-refractivity contribution < 1.29 is 17.4 Å². The van der Waals surface area contributed by atoms with E-state index in [0.29, 0.717) is 5.75 Å². The summed E-state index contributed by atoms with van der Waals surface area (Å²) in [4.78, 5) is 0.228. The van der Waals surface area contributed by atoms with Gasteiger partial charge in [-0.2, -0.15) is 13.2 Å². The highest BCUT2D eigenvalue weighted by Crippen LogP contribution is 2.30. The van der Waals surface area contributed by atoms with Gasteiger partial charge in [-0.25, -0.2) is 0 Å². The fraction of sp³-hybridized carbons (Fsp3) is 0.538. The van der Waals surface area contributed by atoms with E-state index in [1.807, 2.05) is 13.8 Å². The molecule has 0 aliphatic heterocycles. The van der Waals surface area contributed by atoms with Crippen LogP contribution in [0, 0.1) is 0 Å². The third kappa shape index (κ3) is 4.95. The number of nitrogens with one attached hydrogen (secondary N) is 1. The van der Waals surface area contributed by atoms with Gasteiger partial charge in [0, 0.05) is 16.7 Å². The maximum Gasteiger partial charge on any atom is 0.416 e. The molecule has 1 N–H and O–H groups in total. The number of rotatable bonds is 6. The van der Waals surface area contributed by atoms with Gasteiger partial charge in [-0.1, -0.05) is 19.9 Å². The van der Waals surface area contributed by atoms with Crippen LogP contribution < -0.4 is 5.32 Å². The van der Waals surface area contributed by atoms with Gasteiger partial charge in [-0.3, -0.25) is 4.21 Å². The highest BCUT2D eigenvalue weighted by Gasteiger charge is 2.30. The van der Waals surface area contributed by atoms with Gasteiger partial charge < -0.3 is 5.32 Å². The van der Waals surface area contributed by atoms with Crippen LogP contribution in [0.2, 0.25) is 0 Å². The minimum atomic E-state index is -4.40. The van der Waals surface area contributed by atoms with Gasteiger partial charge >= 0.3 is 6.18 Å². The minimum absolute atomic E-state index is 0.0559. The zero-order valence-corrected chi connectivity index (χ0v) is 11.8. The van der Waals surface area contributed by atoms with E-state index in [9.17, 15) is 17.4 Å². The first kappa shape index (κ1) is 16.2. The molecule has 0 fully saturated rings. The summed E-state index contributed by atoms with van der Waals surface area (Å²) in [5.74, 6) is 0.325. The molecule has 6 heteroatoms. The zero-order chi connectivity index (χ0) is 14.5. The standard InChI is InChI=1S/C13H18F3NOS/c1-3-11(17-4-2)9-19(18)12-7-5-6-10(8-12)13(14,15)16/h5-8,11,17H,3-4,9H2,1-2H3. The largest absolute Gasteiger partial charge is 0.416 e. The molecule has 108 valence electrons. The van der Waals surface area contributed by atoms with Crippen LogP contribution >= 0.6 is 0 Å². The lowest BCUT2D eigenvalue weighted by atomic mass is 10.2. The molecule has 1 aromatic carbocycles. The Hall–Kier alpha value is -0.880. The van der Waals surface area contributed by atoms with Crippen LogP contribution in [-0.2, 0) is 17.0 Å². The predicted molar refractivity (Wildman–Crippen MR) is 70.5 cm³/mol. The molecule has 0 aromatic heterocycles. The van der Waals surface area contributed by atoms with E-state index < -0.39 is 22.5 Å². The topological polar surface area (TPSA) is 29.1 Å². The highest BCUT2D eigenvalue weighted by molar-refractivity contribution is 7.85. The molecule has 0 aliphatic carbocycles. The summed E-state index contributed by atoms with van der Waals surface area (Å²) in [7, 11) is -1.42. The maximum absolute atomic E-state index is 12.6. The monoisotopic (exact) mass is 293 g/mol. The first-order valence-electron chi connectivity index (χ1n) is 6.17. The summed E-state index contributed by atoms with van der Waals surface area (Å²) in [6, 6.07) is 4.78. The molecule has 0 bridgehead atoms. The van der Waals surface area contributed by atoms with Gasteiger partial charge in [0.15, 0.2) is 0 Å². The lowest BCUT2D eigenvalue weighted by Crippen LogP contribution is -2.33. The van der Waals surface area contributed by atoms with Crippen LogP contribution in [0.25, 0.3) is 0 Å². The van der Waals surface area contributed by atoms with E-state index in [-0.39, 0.29) is 10.9 Å². The first-order chi connectivity index (χ1) is 8.88. The van der Waals surface area contributed by atoms with E-state index in [0.717, 1.165) is 25.1 Å². The van der Waals surface area contributed by atoms with Gasteiger partial charge in [0.05, 0.1) is 16.4 Å². The molecule has 0 saturated carbocycles. The summed E-state index contributed by atoms with van der Waals surface area (Å²) in [5, 5.41) is 3.16. The van der Waals surface area contributed by atoms with Crippen molar-refractivity contribution in [1.82, 2.24) is 5.32 Å². The summed E-state index contributed by atoms with van der Waals surface area (Å²) in [6.07, 6.45) is -3.61.